The molecule has 0 aromatic carbocycles. The van der Waals surface area contributed by atoms with Gasteiger partial charge in [-0.1, -0.05) is 19.3 Å². The van der Waals surface area contributed by atoms with Gasteiger partial charge in [-0.05, 0) is 26.8 Å². The predicted octanol–water partition coefficient (Wildman–Crippen LogP) is 1.78. The molecule has 0 radical (unpaired) electrons. The molecule has 0 bridgehead atoms. The molecule has 1 unspecified atom stereocenters. The Labute approximate surface area is 69.9 Å². The first-order chi connectivity index (χ1) is 5.34. The van der Waals surface area contributed by atoms with Crippen molar-refractivity contribution in [2.75, 3.05) is 13.6 Å². The second-order valence-corrected chi connectivity index (χ2v) is 3.47. The number of nitrogens with zero attached hydrogens (tertiary/aromatic N) is 1. The highest BCUT2D eigenvalue weighted by atomic mass is 15.5. The molecule has 1 aliphatic heterocycles. The number of rotatable bonds is 1. The summed E-state index contributed by atoms with van der Waals surface area (Å²) >= 11 is 0. The molecule has 11 heavy (non-hydrogen) atoms. The lowest BCUT2D eigenvalue weighted by atomic mass is 10.0. The van der Waals surface area contributed by atoms with Crippen LogP contribution in [-0.2, 0) is 0 Å². The topological polar surface area (TPSA) is 15.3 Å². The van der Waals surface area contributed by atoms with Crippen LogP contribution in [0.25, 0.3) is 0 Å². The first-order valence-corrected chi connectivity index (χ1v) is 4.78. The van der Waals surface area contributed by atoms with Crippen molar-refractivity contribution in [3.8, 4) is 0 Å². The van der Waals surface area contributed by atoms with E-state index >= 15 is 0 Å². The number of hydrazine groups is 1. The van der Waals surface area contributed by atoms with Gasteiger partial charge in [0, 0.05) is 12.6 Å². The molecular weight excluding hydrogens is 136 g/mol. The lowest BCUT2D eigenvalue weighted by Gasteiger charge is -2.29. The summed E-state index contributed by atoms with van der Waals surface area (Å²) in [7, 11) is 2.03. The largest absolute Gasteiger partial charge is 0.258 e. The smallest absolute Gasteiger partial charge is 0.0215 e. The van der Waals surface area contributed by atoms with Crippen molar-refractivity contribution in [1.29, 1.82) is 0 Å². The summed E-state index contributed by atoms with van der Waals surface area (Å²) in [5.41, 5.74) is 3.25. The van der Waals surface area contributed by atoms with E-state index in [1.807, 2.05) is 7.05 Å². The molecule has 0 aromatic rings. The van der Waals surface area contributed by atoms with E-state index in [0.717, 1.165) is 6.04 Å². The number of nitrogens with one attached hydrogen (secondary N) is 1. The quantitative estimate of drug-likeness (QED) is 0.622. The third-order valence-electron chi connectivity index (χ3n) is 2.59. The van der Waals surface area contributed by atoms with Crippen LogP contribution in [0.15, 0.2) is 0 Å². The fraction of sp³-hybridized carbons (Fsp3) is 1.00. The normalized spacial score (nSPS) is 29.5. The summed E-state index contributed by atoms with van der Waals surface area (Å²) in [4.78, 5) is 0. The lowest BCUT2D eigenvalue weighted by Crippen LogP contribution is -2.43. The molecule has 1 fully saturated rings. The van der Waals surface area contributed by atoms with E-state index < -0.39 is 0 Å². The second kappa shape index (κ2) is 4.73. The molecule has 66 valence electrons. The van der Waals surface area contributed by atoms with E-state index in [9.17, 15) is 0 Å². The summed E-state index contributed by atoms with van der Waals surface area (Å²) in [6, 6.07) is 0.722. The zero-order valence-corrected chi connectivity index (χ0v) is 7.77. The van der Waals surface area contributed by atoms with Crippen molar-refractivity contribution in [3.63, 3.8) is 0 Å². The van der Waals surface area contributed by atoms with E-state index in [-0.39, 0.29) is 0 Å². The van der Waals surface area contributed by atoms with Crippen LogP contribution in [-0.4, -0.2) is 24.6 Å². The third-order valence-corrected chi connectivity index (χ3v) is 2.59. The van der Waals surface area contributed by atoms with E-state index in [0.29, 0.717) is 0 Å². The predicted molar refractivity (Wildman–Crippen MR) is 48.3 cm³/mol. The van der Waals surface area contributed by atoms with Crippen LogP contribution < -0.4 is 5.43 Å². The molecule has 0 aliphatic carbocycles. The van der Waals surface area contributed by atoms with Crippen molar-refractivity contribution in [2.24, 2.45) is 0 Å². The Morgan fingerprint density at radius 3 is 2.64 bits per heavy atom. The highest BCUT2D eigenvalue weighted by Crippen LogP contribution is 2.13. The first kappa shape index (κ1) is 9.01. The van der Waals surface area contributed by atoms with Crippen LogP contribution in [0.2, 0.25) is 0 Å². The molecule has 1 saturated heterocycles. The average molecular weight is 156 g/mol. The van der Waals surface area contributed by atoms with Gasteiger partial charge in [-0.15, -0.1) is 0 Å². The fourth-order valence-corrected chi connectivity index (χ4v) is 1.78. The average Bonchev–Trinajstić information content (AvgIpc) is 1.98. The minimum absolute atomic E-state index is 0.722. The van der Waals surface area contributed by atoms with Crippen LogP contribution >= 0.6 is 0 Å². The standard InChI is InChI=1S/C9H20N2/c1-9-7-5-3-4-6-8-11(9)10-2/h9-10H,3-8H2,1-2H3. The van der Waals surface area contributed by atoms with Crippen molar-refractivity contribution in [3.05, 3.63) is 0 Å². The highest BCUT2D eigenvalue weighted by molar-refractivity contribution is 4.66. The van der Waals surface area contributed by atoms with Gasteiger partial charge in [0.1, 0.15) is 0 Å². The van der Waals surface area contributed by atoms with Gasteiger partial charge in [-0.25, -0.2) is 5.01 Å². The molecule has 1 aliphatic rings. The maximum absolute atomic E-state index is 3.25. The van der Waals surface area contributed by atoms with Gasteiger partial charge < -0.3 is 0 Å². The van der Waals surface area contributed by atoms with Gasteiger partial charge in [-0.2, -0.15) is 0 Å². The number of hydrogen-bond donors (Lipinski definition) is 1. The Hall–Kier alpha value is -0.0800. The van der Waals surface area contributed by atoms with Crippen molar-refractivity contribution < 1.29 is 0 Å². The molecule has 1 rings (SSSR count). The Kier molecular flexibility index (Phi) is 3.87. The minimum Gasteiger partial charge on any atom is -0.258 e. The summed E-state index contributed by atoms with van der Waals surface area (Å²) < 4.78 is 0. The van der Waals surface area contributed by atoms with Crippen LogP contribution in [0.5, 0.6) is 0 Å². The Balaban J connectivity index is 2.33. The number of hydrogen-bond acceptors (Lipinski definition) is 2. The first-order valence-electron chi connectivity index (χ1n) is 4.78. The van der Waals surface area contributed by atoms with Crippen molar-refractivity contribution in [2.45, 2.75) is 45.1 Å². The maximum atomic E-state index is 3.25. The summed E-state index contributed by atoms with van der Waals surface area (Å²) in [6.07, 6.45) is 6.94. The molecule has 2 nitrogen and oxygen atoms in total. The Bertz CT molecular complexity index is 104. The van der Waals surface area contributed by atoms with Gasteiger partial charge in [0.25, 0.3) is 0 Å². The van der Waals surface area contributed by atoms with Crippen molar-refractivity contribution >= 4 is 0 Å². The van der Waals surface area contributed by atoms with E-state index in [4.69, 9.17) is 0 Å². The molecule has 1 N–H and O–H groups in total. The van der Waals surface area contributed by atoms with Crippen LogP contribution in [0.4, 0.5) is 0 Å². The minimum atomic E-state index is 0.722. The molecule has 1 heterocycles. The maximum Gasteiger partial charge on any atom is 0.0215 e. The zero-order valence-electron chi connectivity index (χ0n) is 7.77. The SMILES string of the molecule is CNN1CCCCCCC1C. The molecule has 0 saturated carbocycles. The summed E-state index contributed by atoms with van der Waals surface area (Å²) in [5, 5.41) is 2.36. The molecule has 0 aromatic heterocycles. The van der Waals surface area contributed by atoms with Gasteiger partial charge in [0.15, 0.2) is 0 Å². The fourth-order valence-electron chi connectivity index (χ4n) is 1.78. The zero-order chi connectivity index (χ0) is 8.10. The molecule has 2 heteroatoms. The Morgan fingerprint density at radius 1 is 1.18 bits per heavy atom. The van der Waals surface area contributed by atoms with E-state index in [2.05, 4.69) is 17.4 Å². The molecule has 0 spiro atoms. The summed E-state index contributed by atoms with van der Waals surface area (Å²) in [6.45, 7) is 3.53. The monoisotopic (exact) mass is 156 g/mol. The van der Waals surface area contributed by atoms with Crippen LogP contribution in [0.1, 0.15) is 39.0 Å². The third kappa shape index (κ3) is 2.80. The molecule has 1 atom stereocenters. The van der Waals surface area contributed by atoms with Gasteiger partial charge >= 0.3 is 0 Å². The van der Waals surface area contributed by atoms with Crippen molar-refractivity contribution in [1.82, 2.24) is 10.4 Å². The van der Waals surface area contributed by atoms with E-state index in [1.54, 1.807) is 0 Å². The van der Waals surface area contributed by atoms with Gasteiger partial charge in [-0.3, -0.25) is 5.43 Å². The molecule has 0 amide bonds. The van der Waals surface area contributed by atoms with Gasteiger partial charge in [0.2, 0.25) is 0 Å². The second-order valence-electron chi connectivity index (χ2n) is 3.47. The lowest BCUT2D eigenvalue weighted by molar-refractivity contribution is 0.128. The Morgan fingerprint density at radius 2 is 1.91 bits per heavy atom. The summed E-state index contributed by atoms with van der Waals surface area (Å²) in [5.74, 6) is 0. The highest BCUT2D eigenvalue weighted by Gasteiger charge is 2.13. The molecular formula is C9H20N2. The van der Waals surface area contributed by atoms with Gasteiger partial charge in [0.05, 0.1) is 0 Å². The van der Waals surface area contributed by atoms with Crippen LogP contribution in [0.3, 0.4) is 0 Å². The van der Waals surface area contributed by atoms with E-state index in [1.165, 1.54) is 38.6 Å². The van der Waals surface area contributed by atoms with Crippen LogP contribution in [0, 0.1) is 0 Å².